The summed E-state index contributed by atoms with van der Waals surface area (Å²) in [4.78, 5) is 1.96. The molecule has 0 aliphatic heterocycles. The van der Waals surface area contributed by atoms with Crippen molar-refractivity contribution in [3.63, 3.8) is 0 Å². The summed E-state index contributed by atoms with van der Waals surface area (Å²) in [5.41, 5.74) is 1.10. The van der Waals surface area contributed by atoms with Gasteiger partial charge < -0.3 is 15.3 Å². The summed E-state index contributed by atoms with van der Waals surface area (Å²) in [5.74, 6) is -0.208. The molecule has 0 aliphatic carbocycles. The Morgan fingerprint density at radius 3 is 2.44 bits per heavy atom. The van der Waals surface area contributed by atoms with Crippen LogP contribution in [0.3, 0.4) is 0 Å². The average Bonchev–Trinajstić information content (AvgIpc) is 2.29. The van der Waals surface area contributed by atoms with Crippen molar-refractivity contribution in [1.29, 1.82) is 0 Å². The summed E-state index contributed by atoms with van der Waals surface area (Å²) in [7, 11) is 3.87. The number of nitrogens with zero attached hydrogens (tertiary/aromatic N) is 1. The van der Waals surface area contributed by atoms with Gasteiger partial charge in [-0.3, -0.25) is 0 Å². The van der Waals surface area contributed by atoms with Gasteiger partial charge >= 0.3 is 0 Å². The van der Waals surface area contributed by atoms with Crippen molar-refractivity contribution in [3.8, 4) is 0 Å². The summed E-state index contributed by atoms with van der Waals surface area (Å²) < 4.78 is 12.7. The molecule has 3 nitrogen and oxygen atoms in total. The van der Waals surface area contributed by atoms with Gasteiger partial charge in [0.25, 0.3) is 0 Å². The van der Waals surface area contributed by atoms with Crippen molar-refractivity contribution in [3.05, 3.63) is 35.6 Å². The second-order valence-corrected chi connectivity index (χ2v) is 5.06. The minimum Gasteiger partial charge on any atom is -0.390 e. The lowest BCUT2D eigenvalue weighted by atomic mass is 10.1. The molecule has 0 spiro atoms. The fraction of sp³-hybridized carbons (Fsp3) is 0.571. The monoisotopic (exact) mass is 254 g/mol. The van der Waals surface area contributed by atoms with Crippen LogP contribution in [-0.4, -0.2) is 49.3 Å². The number of rotatable bonds is 7. The van der Waals surface area contributed by atoms with Crippen LogP contribution in [0.25, 0.3) is 0 Å². The maximum absolute atomic E-state index is 12.7. The molecule has 0 saturated heterocycles. The Hall–Kier alpha value is -0.970. The number of nitrogens with one attached hydrogen (secondary N) is 1. The average molecular weight is 254 g/mol. The van der Waals surface area contributed by atoms with Crippen LogP contribution in [0.15, 0.2) is 24.3 Å². The third kappa shape index (κ3) is 6.10. The zero-order chi connectivity index (χ0) is 13.5. The molecule has 1 aromatic carbocycles. The van der Waals surface area contributed by atoms with Crippen LogP contribution in [0.4, 0.5) is 4.39 Å². The largest absolute Gasteiger partial charge is 0.390 e. The zero-order valence-corrected chi connectivity index (χ0v) is 11.4. The minimum atomic E-state index is -0.365. The lowest BCUT2D eigenvalue weighted by Gasteiger charge is -2.19. The van der Waals surface area contributed by atoms with Crippen LogP contribution >= 0.6 is 0 Å². The van der Waals surface area contributed by atoms with E-state index in [0.717, 1.165) is 12.0 Å². The van der Waals surface area contributed by atoms with E-state index in [9.17, 15) is 9.50 Å². The summed E-state index contributed by atoms with van der Waals surface area (Å²) >= 11 is 0. The number of aliphatic hydroxyl groups excluding tert-OH is 1. The van der Waals surface area contributed by atoms with Crippen LogP contribution < -0.4 is 5.32 Å². The van der Waals surface area contributed by atoms with Gasteiger partial charge in [0.2, 0.25) is 0 Å². The zero-order valence-electron chi connectivity index (χ0n) is 11.4. The van der Waals surface area contributed by atoms with Crippen LogP contribution in [-0.2, 0) is 6.42 Å². The summed E-state index contributed by atoms with van der Waals surface area (Å²) in [5, 5.41) is 13.0. The van der Waals surface area contributed by atoms with Crippen molar-refractivity contribution in [2.75, 3.05) is 27.2 Å². The molecule has 18 heavy (non-hydrogen) atoms. The van der Waals surface area contributed by atoms with Gasteiger partial charge in [-0.1, -0.05) is 12.1 Å². The van der Waals surface area contributed by atoms with E-state index in [1.807, 2.05) is 19.0 Å². The third-order valence-electron chi connectivity index (χ3n) is 2.73. The fourth-order valence-corrected chi connectivity index (χ4v) is 1.87. The molecular formula is C14H23FN2O. The molecule has 1 rings (SSSR count). The molecule has 1 aromatic rings. The van der Waals surface area contributed by atoms with E-state index in [1.165, 1.54) is 12.1 Å². The highest BCUT2D eigenvalue weighted by Crippen LogP contribution is 2.05. The molecule has 0 fully saturated rings. The number of likely N-dealkylation sites (N-methyl/N-ethyl adjacent to an activating group) is 1. The van der Waals surface area contributed by atoms with E-state index in [1.54, 1.807) is 12.1 Å². The first-order valence-corrected chi connectivity index (χ1v) is 6.28. The highest BCUT2D eigenvalue weighted by molar-refractivity contribution is 5.16. The molecule has 4 heteroatoms. The first kappa shape index (κ1) is 15.1. The van der Waals surface area contributed by atoms with Gasteiger partial charge in [0.1, 0.15) is 5.82 Å². The van der Waals surface area contributed by atoms with Crippen molar-refractivity contribution < 1.29 is 9.50 Å². The smallest absolute Gasteiger partial charge is 0.123 e. The lowest BCUT2D eigenvalue weighted by Crippen LogP contribution is -2.39. The topological polar surface area (TPSA) is 35.5 Å². The summed E-state index contributed by atoms with van der Waals surface area (Å²) in [6.45, 7) is 3.28. The molecule has 0 heterocycles. The molecule has 0 bridgehead atoms. The van der Waals surface area contributed by atoms with Crippen molar-refractivity contribution in [1.82, 2.24) is 10.2 Å². The third-order valence-corrected chi connectivity index (χ3v) is 2.73. The molecule has 102 valence electrons. The van der Waals surface area contributed by atoms with Gasteiger partial charge in [-0.15, -0.1) is 0 Å². The van der Waals surface area contributed by atoms with E-state index in [-0.39, 0.29) is 18.0 Å². The maximum Gasteiger partial charge on any atom is 0.123 e. The second-order valence-electron chi connectivity index (χ2n) is 5.06. The molecule has 0 aliphatic rings. The Morgan fingerprint density at radius 2 is 1.89 bits per heavy atom. The molecule has 0 saturated carbocycles. The number of halogens is 1. The van der Waals surface area contributed by atoms with Gasteiger partial charge in [0.15, 0.2) is 0 Å². The minimum absolute atomic E-state index is 0.208. The predicted octanol–water partition coefficient (Wildman–Crippen LogP) is 1.27. The van der Waals surface area contributed by atoms with Crippen LogP contribution in [0, 0.1) is 5.82 Å². The Labute approximate surface area is 109 Å². The van der Waals surface area contributed by atoms with Crippen molar-refractivity contribution in [2.45, 2.75) is 25.5 Å². The molecule has 2 N–H and O–H groups in total. The number of aliphatic hydroxyl groups is 1. The van der Waals surface area contributed by atoms with Gasteiger partial charge in [-0.05, 0) is 45.1 Å². The standard InChI is InChI=1S/C14H23FN2O/c1-11(16-9-14(18)10-17(2)3)8-12-4-6-13(15)7-5-12/h4-7,11,14,16,18H,8-10H2,1-3H3. The Bertz CT molecular complexity index is 340. The Morgan fingerprint density at radius 1 is 1.28 bits per heavy atom. The summed E-state index contributed by atoms with van der Waals surface area (Å²) in [6, 6.07) is 6.80. The molecule has 2 atom stereocenters. The van der Waals surface area contributed by atoms with Crippen molar-refractivity contribution >= 4 is 0 Å². The van der Waals surface area contributed by atoms with Gasteiger partial charge in [0.05, 0.1) is 6.10 Å². The van der Waals surface area contributed by atoms with Crippen LogP contribution in [0.5, 0.6) is 0 Å². The molecule has 0 radical (unpaired) electrons. The van der Waals surface area contributed by atoms with E-state index in [4.69, 9.17) is 0 Å². The second kappa shape index (κ2) is 7.46. The maximum atomic E-state index is 12.7. The number of hydrogen-bond donors (Lipinski definition) is 2. The summed E-state index contributed by atoms with van der Waals surface area (Å²) in [6.07, 6.45) is 0.463. The van der Waals surface area contributed by atoms with E-state index in [2.05, 4.69) is 12.2 Å². The molecular weight excluding hydrogens is 231 g/mol. The Kier molecular flexibility index (Phi) is 6.25. The van der Waals surface area contributed by atoms with Crippen LogP contribution in [0.1, 0.15) is 12.5 Å². The number of hydrogen-bond acceptors (Lipinski definition) is 3. The SMILES string of the molecule is CC(Cc1ccc(F)cc1)NCC(O)CN(C)C. The molecule has 0 amide bonds. The lowest BCUT2D eigenvalue weighted by molar-refractivity contribution is 0.132. The first-order chi connectivity index (χ1) is 8.47. The van der Waals surface area contributed by atoms with Crippen molar-refractivity contribution in [2.24, 2.45) is 0 Å². The van der Waals surface area contributed by atoms with Crippen LogP contribution in [0.2, 0.25) is 0 Å². The highest BCUT2D eigenvalue weighted by Gasteiger charge is 2.08. The predicted molar refractivity (Wildman–Crippen MR) is 72.1 cm³/mol. The Balaban J connectivity index is 2.29. The van der Waals surface area contributed by atoms with E-state index >= 15 is 0 Å². The van der Waals surface area contributed by atoms with E-state index < -0.39 is 0 Å². The quantitative estimate of drug-likeness (QED) is 0.769. The van der Waals surface area contributed by atoms with Gasteiger partial charge in [-0.2, -0.15) is 0 Å². The molecule has 2 unspecified atom stereocenters. The fourth-order valence-electron chi connectivity index (χ4n) is 1.87. The van der Waals surface area contributed by atoms with Gasteiger partial charge in [-0.25, -0.2) is 4.39 Å². The van der Waals surface area contributed by atoms with Gasteiger partial charge in [0, 0.05) is 19.1 Å². The molecule has 0 aromatic heterocycles. The highest BCUT2D eigenvalue weighted by atomic mass is 19.1. The normalized spacial score (nSPS) is 14.8. The number of benzene rings is 1. The first-order valence-electron chi connectivity index (χ1n) is 6.28. The van der Waals surface area contributed by atoms with E-state index in [0.29, 0.717) is 13.1 Å².